The van der Waals surface area contributed by atoms with Crippen molar-refractivity contribution in [3.63, 3.8) is 0 Å². The van der Waals surface area contributed by atoms with Crippen LogP contribution in [-0.4, -0.2) is 5.16 Å². The first kappa shape index (κ1) is 12.3. The molecule has 0 fully saturated rings. The van der Waals surface area contributed by atoms with Gasteiger partial charge in [-0.05, 0) is 19.1 Å². The Morgan fingerprint density at radius 2 is 2.29 bits per heavy atom. The quantitative estimate of drug-likeness (QED) is 0.940. The summed E-state index contributed by atoms with van der Waals surface area (Å²) in [7, 11) is 0. The molecule has 0 spiro atoms. The van der Waals surface area contributed by atoms with Crippen molar-refractivity contribution >= 4 is 15.9 Å². The van der Waals surface area contributed by atoms with E-state index in [1.165, 1.54) is 6.07 Å². The molecule has 1 heterocycles. The molecule has 5 heteroatoms. The smallest absolute Gasteiger partial charge is 0.150 e. The van der Waals surface area contributed by atoms with E-state index in [9.17, 15) is 4.39 Å². The monoisotopic (exact) mass is 298 g/mol. The molecule has 0 aliphatic carbocycles. The Morgan fingerprint density at radius 1 is 1.47 bits per heavy atom. The maximum atomic E-state index is 13.7. The highest BCUT2D eigenvalue weighted by Gasteiger charge is 2.11. The second-order valence-electron chi connectivity index (χ2n) is 3.75. The predicted octanol–water partition coefficient (Wildman–Crippen LogP) is 3.43. The summed E-state index contributed by atoms with van der Waals surface area (Å²) >= 11 is 3.23. The fraction of sp³-hybridized carbons (Fsp3) is 0.250. The fourth-order valence-corrected chi connectivity index (χ4v) is 1.88. The van der Waals surface area contributed by atoms with Crippen molar-refractivity contribution in [1.82, 2.24) is 10.5 Å². The van der Waals surface area contributed by atoms with E-state index in [0.29, 0.717) is 12.1 Å². The molecule has 2 rings (SSSR count). The summed E-state index contributed by atoms with van der Waals surface area (Å²) in [4.78, 5) is 0. The molecule has 1 unspecified atom stereocenters. The predicted molar refractivity (Wildman–Crippen MR) is 65.9 cm³/mol. The van der Waals surface area contributed by atoms with Gasteiger partial charge in [0.2, 0.25) is 0 Å². The molecule has 17 heavy (non-hydrogen) atoms. The molecule has 0 radical (unpaired) electrons. The van der Waals surface area contributed by atoms with E-state index in [1.54, 1.807) is 18.3 Å². The van der Waals surface area contributed by atoms with Gasteiger partial charge in [0, 0.05) is 22.1 Å². The van der Waals surface area contributed by atoms with Gasteiger partial charge in [0.15, 0.2) is 0 Å². The SMILES string of the molecule is CC(NCc1ccno1)c1ccc(Br)cc1F. The van der Waals surface area contributed by atoms with Crippen molar-refractivity contribution in [2.45, 2.75) is 19.5 Å². The van der Waals surface area contributed by atoms with Crippen molar-refractivity contribution in [2.75, 3.05) is 0 Å². The van der Waals surface area contributed by atoms with E-state index in [1.807, 2.05) is 13.0 Å². The van der Waals surface area contributed by atoms with Gasteiger partial charge in [0.05, 0.1) is 12.7 Å². The zero-order valence-corrected chi connectivity index (χ0v) is 10.9. The van der Waals surface area contributed by atoms with Crippen molar-refractivity contribution in [2.24, 2.45) is 0 Å². The van der Waals surface area contributed by atoms with Gasteiger partial charge in [0.25, 0.3) is 0 Å². The van der Waals surface area contributed by atoms with Crippen LogP contribution in [0.3, 0.4) is 0 Å². The minimum Gasteiger partial charge on any atom is -0.360 e. The standard InChI is InChI=1S/C12H12BrFN2O/c1-8(15-7-10-4-5-16-17-10)11-3-2-9(13)6-12(11)14/h2-6,8,15H,7H2,1H3. The molecule has 0 aliphatic heterocycles. The number of rotatable bonds is 4. The third kappa shape index (κ3) is 3.14. The largest absolute Gasteiger partial charge is 0.360 e. The van der Waals surface area contributed by atoms with Crippen molar-refractivity contribution in [3.8, 4) is 0 Å². The molecular formula is C12H12BrFN2O. The van der Waals surface area contributed by atoms with Crippen LogP contribution in [0.2, 0.25) is 0 Å². The average molecular weight is 299 g/mol. The molecule has 0 saturated heterocycles. The van der Waals surface area contributed by atoms with Crippen molar-refractivity contribution in [1.29, 1.82) is 0 Å². The topological polar surface area (TPSA) is 38.1 Å². The Balaban J connectivity index is 2.01. The highest BCUT2D eigenvalue weighted by atomic mass is 79.9. The summed E-state index contributed by atoms with van der Waals surface area (Å²) in [6, 6.07) is 6.73. The van der Waals surface area contributed by atoms with Gasteiger partial charge in [-0.25, -0.2) is 4.39 Å². The number of nitrogens with one attached hydrogen (secondary N) is 1. The number of benzene rings is 1. The van der Waals surface area contributed by atoms with E-state index in [4.69, 9.17) is 4.52 Å². The van der Waals surface area contributed by atoms with E-state index in [0.717, 1.165) is 10.2 Å². The van der Waals surface area contributed by atoms with Gasteiger partial charge in [0.1, 0.15) is 11.6 Å². The molecule has 3 nitrogen and oxygen atoms in total. The van der Waals surface area contributed by atoms with Crippen LogP contribution in [0.25, 0.3) is 0 Å². The van der Waals surface area contributed by atoms with Crippen LogP contribution in [-0.2, 0) is 6.54 Å². The number of hydrogen-bond acceptors (Lipinski definition) is 3. The summed E-state index contributed by atoms with van der Waals surface area (Å²) in [6.07, 6.45) is 1.59. The lowest BCUT2D eigenvalue weighted by atomic mass is 10.1. The third-order valence-corrected chi connectivity index (χ3v) is 3.00. The van der Waals surface area contributed by atoms with Crippen LogP contribution in [0, 0.1) is 5.82 Å². The van der Waals surface area contributed by atoms with Crippen molar-refractivity contribution in [3.05, 3.63) is 52.1 Å². The Kier molecular flexibility index (Phi) is 3.91. The summed E-state index contributed by atoms with van der Waals surface area (Å²) in [5, 5.41) is 6.78. The number of aromatic nitrogens is 1. The Hall–Kier alpha value is -1.20. The second-order valence-corrected chi connectivity index (χ2v) is 4.66. The Morgan fingerprint density at radius 3 is 2.94 bits per heavy atom. The number of hydrogen-bond donors (Lipinski definition) is 1. The molecule has 1 atom stereocenters. The molecule has 0 bridgehead atoms. The third-order valence-electron chi connectivity index (χ3n) is 2.50. The van der Waals surface area contributed by atoms with Gasteiger partial charge < -0.3 is 9.84 Å². The molecule has 1 aromatic carbocycles. The highest BCUT2D eigenvalue weighted by molar-refractivity contribution is 9.10. The minimum absolute atomic E-state index is 0.0896. The summed E-state index contributed by atoms with van der Waals surface area (Å²) < 4.78 is 19.4. The van der Waals surface area contributed by atoms with Crippen molar-refractivity contribution < 1.29 is 8.91 Å². The van der Waals surface area contributed by atoms with E-state index >= 15 is 0 Å². The normalized spacial score (nSPS) is 12.6. The maximum Gasteiger partial charge on any atom is 0.150 e. The molecule has 1 N–H and O–H groups in total. The molecule has 0 saturated carbocycles. The van der Waals surface area contributed by atoms with Crippen LogP contribution in [0.15, 0.2) is 39.5 Å². The first-order chi connectivity index (χ1) is 8.16. The van der Waals surface area contributed by atoms with Gasteiger partial charge in [-0.3, -0.25) is 0 Å². The van der Waals surface area contributed by atoms with Gasteiger partial charge in [-0.15, -0.1) is 0 Å². The number of halogens is 2. The molecule has 2 aromatic rings. The molecule has 90 valence electrons. The molecule has 0 aliphatic rings. The molecular weight excluding hydrogens is 287 g/mol. The van der Waals surface area contributed by atoms with E-state index in [2.05, 4.69) is 26.4 Å². The summed E-state index contributed by atoms with van der Waals surface area (Å²) in [6.45, 7) is 2.43. The second kappa shape index (κ2) is 5.42. The van der Waals surface area contributed by atoms with Gasteiger partial charge in [-0.2, -0.15) is 0 Å². The fourth-order valence-electron chi connectivity index (χ4n) is 1.55. The van der Waals surface area contributed by atoms with E-state index < -0.39 is 0 Å². The Bertz CT molecular complexity index is 487. The van der Waals surface area contributed by atoms with Crippen LogP contribution in [0.4, 0.5) is 4.39 Å². The maximum absolute atomic E-state index is 13.7. The van der Waals surface area contributed by atoms with Gasteiger partial charge in [-0.1, -0.05) is 27.2 Å². The lowest BCUT2D eigenvalue weighted by molar-refractivity contribution is 0.365. The van der Waals surface area contributed by atoms with Crippen LogP contribution < -0.4 is 5.32 Å². The van der Waals surface area contributed by atoms with E-state index in [-0.39, 0.29) is 11.9 Å². The first-order valence-corrected chi connectivity index (χ1v) is 6.04. The molecule has 0 amide bonds. The highest BCUT2D eigenvalue weighted by Crippen LogP contribution is 2.21. The molecule has 1 aromatic heterocycles. The Labute approximate surface area is 107 Å². The average Bonchev–Trinajstić information content (AvgIpc) is 2.78. The number of nitrogens with zero attached hydrogens (tertiary/aromatic N) is 1. The van der Waals surface area contributed by atoms with Crippen LogP contribution in [0.5, 0.6) is 0 Å². The summed E-state index contributed by atoms with van der Waals surface area (Å²) in [5.74, 6) is 0.506. The van der Waals surface area contributed by atoms with Gasteiger partial charge >= 0.3 is 0 Å². The minimum atomic E-state index is -0.225. The van der Waals surface area contributed by atoms with Crippen LogP contribution >= 0.6 is 15.9 Å². The lowest BCUT2D eigenvalue weighted by Crippen LogP contribution is -2.18. The lowest BCUT2D eigenvalue weighted by Gasteiger charge is -2.14. The summed E-state index contributed by atoms with van der Waals surface area (Å²) in [5.41, 5.74) is 0.632. The van der Waals surface area contributed by atoms with Crippen LogP contribution in [0.1, 0.15) is 24.3 Å². The first-order valence-electron chi connectivity index (χ1n) is 5.24. The zero-order chi connectivity index (χ0) is 12.3. The zero-order valence-electron chi connectivity index (χ0n) is 9.28.